The molecular weight excluding hydrogens is 352 g/mol. The van der Waals surface area contributed by atoms with Gasteiger partial charge in [0.25, 0.3) is 0 Å². The topological polar surface area (TPSA) is 87.0 Å². The van der Waals surface area contributed by atoms with Crippen molar-refractivity contribution in [2.45, 2.75) is 0 Å². The zero-order valence-electron chi connectivity index (χ0n) is 11.6. The molecule has 5 nitrogen and oxygen atoms in total. The Morgan fingerprint density at radius 3 is 2.50 bits per heavy atom. The zero-order valence-corrected chi connectivity index (χ0v) is 13.2. The molecule has 2 aromatic rings. The molecule has 0 amide bonds. The average Bonchev–Trinajstić information content (AvgIpc) is 2.49. The summed E-state index contributed by atoms with van der Waals surface area (Å²) in [5.41, 5.74) is 0.715. The molecule has 3 N–H and O–H groups in total. The number of hydrogen-bond acceptors (Lipinski definition) is 5. The number of ether oxygens (including phenoxy) is 1. The van der Waals surface area contributed by atoms with Gasteiger partial charge in [-0.2, -0.15) is 0 Å². The van der Waals surface area contributed by atoms with Crippen molar-refractivity contribution >= 4 is 27.8 Å². The van der Waals surface area contributed by atoms with Crippen LogP contribution in [0.15, 0.2) is 40.9 Å². The summed E-state index contributed by atoms with van der Waals surface area (Å²) in [7, 11) is 1.43. The number of allylic oxidation sites excluding steroid dienone is 1. The second-order valence-electron chi connectivity index (χ2n) is 4.45. The maximum atomic E-state index is 12.1. The monoisotopic (exact) mass is 364 g/mol. The second-order valence-corrected chi connectivity index (χ2v) is 5.30. The number of benzene rings is 2. The van der Waals surface area contributed by atoms with Gasteiger partial charge in [-0.1, -0.05) is 12.1 Å². The lowest BCUT2D eigenvalue weighted by Gasteiger charge is -2.05. The van der Waals surface area contributed by atoms with Gasteiger partial charge in [0.2, 0.25) is 0 Å². The SMILES string of the molecule is COc1cc(/C=C/C(=O)c2cc(Br)c(O)cc2O)ccc1O. The Morgan fingerprint density at radius 1 is 1.09 bits per heavy atom. The van der Waals surface area contributed by atoms with Crippen LogP contribution in [-0.4, -0.2) is 28.2 Å². The quantitative estimate of drug-likeness (QED) is 0.571. The summed E-state index contributed by atoms with van der Waals surface area (Å²) in [6, 6.07) is 7.08. The molecule has 0 aromatic heterocycles. The van der Waals surface area contributed by atoms with E-state index < -0.39 is 5.78 Å². The molecule has 114 valence electrons. The first-order chi connectivity index (χ1) is 10.4. The number of aromatic hydroxyl groups is 3. The van der Waals surface area contributed by atoms with E-state index in [-0.39, 0.29) is 22.8 Å². The lowest BCUT2D eigenvalue weighted by molar-refractivity contribution is 0.104. The largest absolute Gasteiger partial charge is 0.507 e. The Bertz CT molecular complexity index is 752. The summed E-state index contributed by atoms with van der Waals surface area (Å²) in [4.78, 5) is 12.1. The van der Waals surface area contributed by atoms with Crippen molar-refractivity contribution in [3.8, 4) is 23.0 Å². The van der Waals surface area contributed by atoms with E-state index in [1.807, 2.05) is 0 Å². The smallest absolute Gasteiger partial charge is 0.189 e. The number of rotatable bonds is 4. The molecule has 2 rings (SSSR count). The van der Waals surface area contributed by atoms with Gasteiger partial charge in [0.1, 0.15) is 11.5 Å². The van der Waals surface area contributed by atoms with E-state index >= 15 is 0 Å². The van der Waals surface area contributed by atoms with Gasteiger partial charge in [-0.25, -0.2) is 0 Å². The number of carbonyl (C=O) groups excluding carboxylic acids is 1. The minimum Gasteiger partial charge on any atom is -0.507 e. The van der Waals surface area contributed by atoms with Gasteiger partial charge in [0.05, 0.1) is 17.1 Å². The van der Waals surface area contributed by atoms with Crippen LogP contribution in [-0.2, 0) is 0 Å². The van der Waals surface area contributed by atoms with E-state index in [1.54, 1.807) is 12.1 Å². The third-order valence-electron chi connectivity index (χ3n) is 2.96. The molecule has 6 heteroatoms. The number of ketones is 1. The highest BCUT2D eigenvalue weighted by Gasteiger charge is 2.12. The second kappa shape index (κ2) is 6.53. The molecule has 0 aliphatic heterocycles. The minimum absolute atomic E-state index is 0.00564. The first kappa shape index (κ1) is 15.9. The molecule has 0 spiro atoms. The van der Waals surface area contributed by atoms with Crippen molar-refractivity contribution in [1.29, 1.82) is 0 Å². The average molecular weight is 365 g/mol. The normalized spacial score (nSPS) is 10.8. The molecule has 2 aromatic carbocycles. The highest BCUT2D eigenvalue weighted by atomic mass is 79.9. The number of carbonyl (C=O) groups is 1. The molecule has 0 fully saturated rings. The number of hydrogen-bond donors (Lipinski definition) is 3. The first-order valence-corrected chi connectivity index (χ1v) is 7.02. The van der Waals surface area contributed by atoms with Crippen LogP contribution >= 0.6 is 15.9 Å². The Labute approximate surface area is 135 Å². The first-order valence-electron chi connectivity index (χ1n) is 6.23. The van der Waals surface area contributed by atoms with E-state index in [0.29, 0.717) is 15.8 Å². The molecule has 0 bridgehead atoms. The summed E-state index contributed by atoms with van der Waals surface area (Å²) in [6.45, 7) is 0. The highest BCUT2D eigenvalue weighted by molar-refractivity contribution is 9.10. The Kier molecular flexibility index (Phi) is 4.72. The number of phenols is 3. The molecular formula is C16H13BrO5. The Hall–Kier alpha value is -2.47. The molecule has 0 saturated heterocycles. The van der Waals surface area contributed by atoms with E-state index in [4.69, 9.17) is 4.74 Å². The van der Waals surface area contributed by atoms with Crippen LogP contribution in [0.1, 0.15) is 15.9 Å². The molecule has 0 heterocycles. The Morgan fingerprint density at radius 2 is 1.82 bits per heavy atom. The van der Waals surface area contributed by atoms with Crippen molar-refractivity contribution in [2.75, 3.05) is 7.11 Å². The summed E-state index contributed by atoms with van der Waals surface area (Å²) >= 11 is 3.09. The van der Waals surface area contributed by atoms with Gasteiger partial charge < -0.3 is 20.1 Å². The molecule has 0 saturated carbocycles. The van der Waals surface area contributed by atoms with E-state index in [0.717, 1.165) is 6.07 Å². The summed E-state index contributed by atoms with van der Waals surface area (Å²) in [6.07, 6.45) is 2.81. The van der Waals surface area contributed by atoms with Crippen molar-refractivity contribution < 1.29 is 24.9 Å². The fourth-order valence-corrected chi connectivity index (χ4v) is 2.15. The fourth-order valence-electron chi connectivity index (χ4n) is 1.81. The third-order valence-corrected chi connectivity index (χ3v) is 3.60. The van der Waals surface area contributed by atoms with Crippen molar-refractivity contribution in [2.24, 2.45) is 0 Å². The van der Waals surface area contributed by atoms with Gasteiger partial charge in [-0.05, 0) is 45.8 Å². The van der Waals surface area contributed by atoms with Gasteiger partial charge in [0.15, 0.2) is 17.3 Å². The van der Waals surface area contributed by atoms with E-state index in [9.17, 15) is 20.1 Å². The van der Waals surface area contributed by atoms with Gasteiger partial charge in [0, 0.05) is 6.07 Å². The number of phenolic OH excluding ortho intramolecular Hbond substituents is 3. The lowest BCUT2D eigenvalue weighted by Crippen LogP contribution is -1.95. The third kappa shape index (κ3) is 3.40. The van der Waals surface area contributed by atoms with Crippen LogP contribution in [0, 0.1) is 0 Å². The van der Waals surface area contributed by atoms with Crippen LogP contribution in [0.3, 0.4) is 0 Å². The van der Waals surface area contributed by atoms with Crippen LogP contribution in [0.4, 0.5) is 0 Å². The summed E-state index contributed by atoms with van der Waals surface area (Å²) in [5, 5.41) is 28.6. The maximum absolute atomic E-state index is 12.1. The molecule has 0 unspecified atom stereocenters. The predicted octanol–water partition coefficient (Wildman–Crippen LogP) is 3.47. The van der Waals surface area contributed by atoms with Crippen molar-refractivity contribution in [3.05, 3.63) is 52.0 Å². The molecule has 0 atom stereocenters. The van der Waals surface area contributed by atoms with Crippen molar-refractivity contribution in [3.63, 3.8) is 0 Å². The zero-order chi connectivity index (χ0) is 16.3. The predicted molar refractivity (Wildman–Crippen MR) is 85.5 cm³/mol. The molecule has 22 heavy (non-hydrogen) atoms. The molecule has 0 aliphatic carbocycles. The lowest BCUT2D eigenvalue weighted by atomic mass is 10.1. The van der Waals surface area contributed by atoms with Crippen LogP contribution < -0.4 is 4.74 Å². The van der Waals surface area contributed by atoms with Crippen LogP contribution in [0.2, 0.25) is 0 Å². The highest BCUT2D eigenvalue weighted by Crippen LogP contribution is 2.32. The standard InChI is InChI=1S/C16H13BrO5/c1-22-16-6-9(3-5-13(16)19)2-4-12(18)10-7-11(17)15(21)8-14(10)20/h2-8,19-21H,1H3/b4-2+. The number of halogens is 1. The molecule has 0 aliphatic rings. The van der Waals surface area contributed by atoms with Crippen LogP contribution in [0.25, 0.3) is 6.08 Å². The summed E-state index contributed by atoms with van der Waals surface area (Å²) in [5.74, 6) is -0.582. The minimum atomic E-state index is -0.426. The van der Waals surface area contributed by atoms with E-state index in [1.165, 1.54) is 31.4 Å². The molecule has 0 radical (unpaired) electrons. The number of methoxy groups -OCH3 is 1. The van der Waals surface area contributed by atoms with E-state index in [2.05, 4.69) is 15.9 Å². The Balaban J connectivity index is 2.27. The fraction of sp³-hybridized carbons (Fsp3) is 0.0625. The van der Waals surface area contributed by atoms with Gasteiger partial charge >= 0.3 is 0 Å². The van der Waals surface area contributed by atoms with Crippen LogP contribution in [0.5, 0.6) is 23.0 Å². The van der Waals surface area contributed by atoms with Gasteiger partial charge in [-0.15, -0.1) is 0 Å². The van der Waals surface area contributed by atoms with Crippen molar-refractivity contribution in [1.82, 2.24) is 0 Å². The summed E-state index contributed by atoms with van der Waals surface area (Å²) < 4.78 is 5.30. The maximum Gasteiger partial charge on any atom is 0.189 e. The van der Waals surface area contributed by atoms with Gasteiger partial charge in [-0.3, -0.25) is 4.79 Å².